The minimum Gasteiger partial charge on any atom is -0.480 e. The van der Waals surface area contributed by atoms with Crippen molar-refractivity contribution in [3.8, 4) is 12.3 Å². The molecule has 0 aliphatic carbocycles. The first kappa shape index (κ1) is 9.99. The Morgan fingerprint density at radius 3 is 2.36 bits per heavy atom. The van der Waals surface area contributed by atoms with Gasteiger partial charge in [0, 0.05) is 18.6 Å². The van der Waals surface area contributed by atoms with Gasteiger partial charge in [0.1, 0.15) is 6.04 Å². The molecule has 5 nitrogen and oxygen atoms in total. The molecule has 0 saturated heterocycles. The second kappa shape index (κ2) is 3.75. The van der Waals surface area contributed by atoms with Crippen molar-refractivity contribution in [3.63, 3.8) is 0 Å². The summed E-state index contributed by atoms with van der Waals surface area (Å²) in [6, 6.07) is -1.27. The van der Waals surface area contributed by atoms with E-state index in [9.17, 15) is 14.4 Å². The molecule has 72 valence electrons. The van der Waals surface area contributed by atoms with Crippen LogP contribution in [0.2, 0.25) is 0 Å². The van der Waals surface area contributed by atoms with Crippen LogP contribution in [-0.4, -0.2) is 33.8 Å². The average Bonchev–Trinajstić information content (AvgIpc) is 2.43. The number of rotatable bonds is 3. The van der Waals surface area contributed by atoms with Crippen LogP contribution in [0, 0.1) is 12.3 Å². The molecule has 1 heterocycles. The molecule has 0 aromatic rings. The van der Waals surface area contributed by atoms with Gasteiger partial charge < -0.3 is 5.11 Å². The molecular formula is C9H7NO4. The van der Waals surface area contributed by atoms with Crippen molar-refractivity contribution in [1.29, 1.82) is 0 Å². The Balaban J connectivity index is 2.90. The monoisotopic (exact) mass is 193 g/mol. The Bertz CT molecular complexity index is 345. The maximum absolute atomic E-state index is 11.1. The molecule has 1 atom stereocenters. The molecule has 5 heteroatoms. The number of terminal acetylenes is 1. The third kappa shape index (κ3) is 1.64. The summed E-state index contributed by atoms with van der Waals surface area (Å²) >= 11 is 0. The fourth-order valence-corrected chi connectivity index (χ4v) is 1.12. The molecular weight excluding hydrogens is 186 g/mol. The van der Waals surface area contributed by atoms with Gasteiger partial charge in [-0.05, 0) is 0 Å². The van der Waals surface area contributed by atoms with Crippen LogP contribution in [0.3, 0.4) is 0 Å². The number of carbonyl (C=O) groups excluding carboxylic acids is 2. The van der Waals surface area contributed by atoms with E-state index in [4.69, 9.17) is 11.5 Å². The summed E-state index contributed by atoms with van der Waals surface area (Å²) in [5.41, 5.74) is 0. The molecule has 2 amide bonds. The van der Waals surface area contributed by atoms with Gasteiger partial charge in [-0.25, -0.2) is 4.79 Å². The molecule has 1 aliphatic rings. The number of carboxylic acid groups (broad SMARTS) is 1. The Labute approximate surface area is 80.0 Å². The van der Waals surface area contributed by atoms with Crippen molar-refractivity contribution in [3.05, 3.63) is 12.2 Å². The van der Waals surface area contributed by atoms with Gasteiger partial charge in [-0.1, -0.05) is 0 Å². The normalized spacial score (nSPS) is 16.9. The Morgan fingerprint density at radius 2 is 2.00 bits per heavy atom. The lowest BCUT2D eigenvalue weighted by Crippen LogP contribution is -2.44. The zero-order chi connectivity index (χ0) is 10.7. The van der Waals surface area contributed by atoms with Gasteiger partial charge in [0.05, 0.1) is 0 Å². The van der Waals surface area contributed by atoms with Crippen molar-refractivity contribution in [2.75, 3.05) is 0 Å². The van der Waals surface area contributed by atoms with E-state index in [-0.39, 0.29) is 6.42 Å². The lowest BCUT2D eigenvalue weighted by molar-refractivity contribution is -0.153. The molecule has 14 heavy (non-hydrogen) atoms. The molecule has 1 aliphatic heterocycles. The van der Waals surface area contributed by atoms with Gasteiger partial charge in [-0.3, -0.25) is 14.5 Å². The van der Waals surface area contributed by atoms with E-state index >= 15 is 0 Å². The van der Waals surface area contributed by atoms with Gasteiger partial charge in [0.25, 0.3) is 11.8 Å². The van der Waals surface area contributed by atoms with Gasteiger partial charge >= 0.3 is 5.97 Å². The van der Waals surface area contributed by atoms with E-state index < -0.39 is 23.8 Å². The summed E-state index contributed by atoms with van der Waals surface area (Å²) in [4.78, 5) is 33.5. The fraction of sp³-hybridized carbons (Fsp3) is 0.222. The van der Waals surface area contributed by atoms with Crippen molar-refractivity contribution >= 4 is 17.8 Å². The lowest BCUT2D eigenvalue weighted by atomic mass is 10.2. The molecule has 1 rings (SSSR count). The van der Waals surface area contributed by atoms with Crippen LogP contribution in [0.15, 0.2) is 12.2 Å². The molecule has 0 fully saturated rings. The third-order valence-corrected chi connectivity index (χ3v) is 1.75. The number of imide groups is 1. The predicted molar refractivity (Wildman–Crippen MR) is 45.9 cm³/mol. The van der Waals surface area contributed by atoms with E-state index in [0.29, 0.717) is 4.90 Å². The van der Waals surface area contributed by atoms with Crippen LogP contribution in [0.25, 0.3) is 0 Å². The third-order valence-electron chi connectivity index (χ3n) is 1.75. The highest BCUT2D eigenvalue weighted by Gasteiger charge is 2.35. The fourth-order valence-electron chi connectivity index (χ4n) is 1.12. The second-order valence-electron chi connectivity index (χ2n) is 2.64. The topological polar surface area (TPSA) is 74.7 Å². The Morgan fingerprint density at radius 1 is 1.50 bits per heavy atom. The number of hydrogen-bond acceptors (Lipinski definition) is 3. The predicted octanol–water partition coefficient (Wildman–Crippen LogP) is -0.612. The zero-order valence-corrected chi connectivity index (χ0v) is 7.14. The molecule has 0 aromatic heterocycles. The van der Waals surface area contributed by atoms with Crippen LogP contribution in [0.1, 0.15) is 6.42 Å². The minimum absolute atomic E-state index is 0.186. The summed E-state index contributed by atoms with van der Waals surface area (Å²) in [6.45, 7) is 0. The molecule has 0 saturated carbocycles. The quantitative estimate of drug-likeness (QED) is 0.479. The van der Waals surface area contributed by atoms with Gasteiger partial charge in [0.15, 0.2) is 0 Å². The van der Waals surface area contributed by atoms with E-state index in [1.165, 1.54) is 0 Å². The summed E-state index contributed by atoms with van der Waals surface area (Å²) in [5, 5.41) is 8.73. The van der Waals surface area contributed by atoms with E-state index in [2.05, 4.69) is 5.92 Å². The SMILES string of the molecule is C#CCC(C(=O)O)N1C(=O)C=CC1=O. The van der Waals surface area contributed by atoms with Gasteiger partial charge in [0.2, 0.25) is 0 Å². The first-order chi connectivity index (χ1) is 6.57. The van der Waals surface area contributed by atoms with Gasteiger partial charge in [-0.15, -0.1) is 12.3 Å². The number of hydrogen-bond donors (Lipinski definition) is 1. The maximum Gasteiger partial charge on any atom is 0.327 e. The Hall–Kier alpha value is -2.09. The smallest absolute Gasteiger partial charge is 0.327 e. The summed E-state index contributed by atoms with van der Waals surface area (Å²) in [5.74, 6) is -0.454. The highest BCUT2D eigenvalue weighted by Crippen LogP contribution is 2.11. The van der Waals surface area contributed by atoms with E-state index in [1.807, 2.05) is 0 Å². The average molecular weight is 193 g/mol. The second-order valence-corrected chi connectivity index (χ2v) is 2.64. The summed E-state index contributed by atoms with van der Waals surface area (Å²) in [6.07, 6.45) is 6.80. The lowest BCUT2D eigenvalue weighted by Gasteiger charge is -2.20. The van der Waals surface area contributed by atoms with Crippen molar-refractivity contribution in [1.82, 2.24) is 4.90 Å². The number of aliphatic carboxylic acids is 1. The van der Waals surface area contributed by atoms with Crippen molar-refractivity contribution in [2.45, 2.75) is 12.5 Å². The molecule has 0 radical (unpaired) electrons. The maximum atomic E-state index is 11.1. The highest BCUT2D eigenvalue weighted by atomic mass is 16.4. The number of amides is 2. The van der Waals surface area contributed by atoms with Gasteiger partial charge in [-0.2, -0.15) is 0 Å². The first-order valence-electron chi connectivity index (χ1n) is 3.79. The van der Waals surface area contributed by atoms with Crippen LogP contribution >= 0.6 is 0 Å². The first-order valence-corrected chi connectivity index (χ1v) is 3.79. The van der Waals surface area contributed by atoms with Crippen LogP contribution in [0.5, 0.6) is 0 Å². The zero-order valence-electron chi connectivity index (χ0n) is 7.14. The van der Waals surface area contributed by atoms with E-state index in [0.717, 1.165) is 12.2 Å². The molecule has 0 spiro atoms. The molecule has 1 N–H and O–H groups in total. The summed E-state index contributed by atoms with van der Waals surface area (Å²) < 4.78 is 0. The number of nitrogens with zero attached hydrogens (tertiary/aromatic N) is 1. The van der Waals surface area contributed by atoms with Crippen molar-refractivity contribution in [2.24, 2.45) is 0 Å². The largest absolute Gasteiger partial charge is 0.480 e. The molecule has 0 aromatic carbocycles. The number of carbonyl (C=O) groups is 3. The van der Waals surface area contributed by atoms with Crippen LogP contribution in [-0.2, 0) is 14.4 Å². The Kier molecular flexibility index (Phi) is 2.67. The molecule has 0 bridgehead atoms. The summed E-state index contributed by atoms with van der Waals surface area (Å²) in [7, 11) is 0. The van der Waals surface area contributed by atoms with Crippen molar-refractivity contribution < 1.29 is 19.5 Å². The van der Waals surface area contributed by atoms with Crippen LogP contribution in [0.4, 0.5) is 0 Å². The highest BCUT2D eigenvalue weighted by molar-refractivity contribution is 6.14. The molecule has 1 unspecified atom stereocenters. The minimum atomic E-state index is -1.28. The standard InChI is InChI=1S/C9H7NO4/c1-2-3-6(9(13)14)10-7(11)4-5-8(10)12/h1,4-6H,3H2,(H,13,14). The van der Waals surface area contributed by atoms with E-state index in [1.54, 1.807) is 0 Å². The number of carboxylic acids is 1. The van der Waals surface area contributed by atoms with Crippen LogP contribution < -0.4 is 0 Å².